The summed E-state index contributed by atoms with van der Waals surface area (Å²) in [5.74, 6) is 1.81. The Labute approximate surface area is 194 Å². The van der Waals surface area contributed by atoms with Crippen molar-refractivity contribution in [3.8, 4) is 22.8 Å². The fourth-order valence-electron chi connectivity index (χ4n) is 3.94. The Balaban J connectivity index is 1.38. The van der Waals surface area contributed by atoms with Crippen molar-refractivity contribution >= 4 is 17.4 Å². The number of methoxy groups -OCH3 is 1. The van der Waals surface area contributed by atoms with Crippen molar-refractivity contribution in [3.63, 3.8) is 0 Å². The summed E-state index contributed by atoms with van der Waals surface area (Å²) < 4.78 is 11.0. The third-order valence-corrected chi connectivity index (χ3v) is 5.70. The number of nitrogens with zero attached hydrogens (tertiary/aromatic N) is 3. The second-order valence-electron chi connectivity index (χ2n) is 8.25. The number of aryl methyl sites for hydroxylation is 1. The Morgan fingerprint density at radius 2 is 1.79 bits per heavy atom. The minimum Gasteiger partial charge on any atom is -0.493 e. The van der Waals surface area contributed by atoms with Gasteiger partial charge in [0.2, 0.25) is 0 Å². The van der Waals surface area contributed by atoms with Gasteiger partial charge in [-0.25, -0.2) is 0 Å². The molecule has 7 nitrogen and oxygen atoms in total. The molecule has 1 saturated heterocycles. The molecule has 1 aliphatic rings. The number of ether oxygens (including phenoxy) is 2. The van der Waals surface area contributed by atoms with Crippen LogP contribution in [0.15, 0.2) is 54.6 Å². The quantitative estimate of drug-likeness (QED) is 0.559. The fourth-order valence-corrected chi connectivity index (χ4v) is 3.94. The molecule has 0 saturated carbocycles. The number of hydrogen-bond acceptors (Lipinski definition) is 6. The normalized spacial score (nSPS) is 13.8. The first-order valence-corrected chi connectivity index (χ1v) is 11.4. The lowest BCUT2D eigenvalue weighted by molar-refractivity contribution is -0.118. The van der Waals surface area contributed by atoms with E-state index in [4.69, 9.17) is 9.47 Å². The van der Waals surface area contributed by atoms with Gasteiger partial charge in [-0.05, 0) is 61.7 Å². The Bertz CT molecular complexity index is 1080. The summed E-state index contributed by atoms with van der Waals surface area (Å²) in [5, 5.41) is 11.8. The highest BCUT2D eigenvalue weighted by atomic mass is 16.5. The lowest BCUT2D eigenvalue weighted by atomic mass is 10.1. The maximum absolute atomic E-state index is 12.4. The predicted octanol–water partition coefficient (Wildman–Crippen LogP) is 4.86. The maximum atomic E-state index is 12.4. The van der Waals surface area contributed by atoms with Gasteiger partial charge in [-0.3, -0.25) is 4.79 Å². The predicted molar refractivity (Wildman–Crippen MR) is 130 cm³/mol. The lowest BCUT2D eigenvalue weighted by Gasteiger charge is -2.20. The molecular weight excluding hydrogens is 416 g/mol. The SMILES string of the molecule is COc1cc(C)ccc1OCC(=O)Nc1cccc(-c2ccc(N3CCCCCC3)nn2)c1. The Hall–Kier alpha value is -3.61. The van der Waals surface area contributed by atoms with Crippen LogP contribution in [-0.4, -0.2) is 42.9 Å². The molecule has 0 unspecified atom stereocenters. The van der Waals surface area contributed by atoms with Crippen LogP contribution in [0.5, 0.6) is 11.5 Å². The molecule has 172 valence electrons. The van der Waals surface area contributed by atoms with Crippen molar-refractivity contribution in [1.29, 1.82) is 0 Å². The molecule has 7 heteroatoms. The van der Waals surface area contributed by atoms with Gasteiger partial charge in [0, 0.05) is 24.3 Å². The molecule has 1 aliphatic heterocycles. The summed E-state index contributed by atoms with van der Waals surface area (Å²) in [7, 11) is 1.58. The molecule has 33 heavy (non-hydrogen) atoms. The van der Waals surface area contributed by atoms with Gasteiger partial charge < -0.3 is 19.7 Å². The van der Waals surface area contributed by atoms with Gasteiger partial charge in [-0.1, -0.05) is 31.0 Å². The van der Waals surface area contributed by atoms with Crippen LogP contribution in [0.2, 0.25) is 0 Å². The second-order valence-corrected chi connectivity index (χ2v) is 8.25. The van der Waals surface area contributed by atoms with Crippen LogP contribution in [0.1, 0.15) is 31.2 Å². The molecule has 2 aromatic carbocycles. The first-order chi connectivity index (χ1) is 16.1. The molecule has 0 aliphatic carbocycles. The van der Waals surface area contributed by atoms with Crippen LogP contribution in [0.25, 0.3) is 11.3 Å². The molecule has 2 heterocycles. The molecule has 1 fully saturated rings. The molecule has 0 spiro atoms. The number of aromatic nitrogens is 2. The van der Waals surface area contributed by atoms with Crippen LogP contribution in [-0.2, 0) is 4.79 Å². The average molecular weight is 447 g/mol. The number of carbonyl (C=O) groups excluding carboxylic acids is 1. The zero-order valence-electron chi connectivity index (χ0n) is 19.2. The maximum Gasteiger partial charge on any atom is 0.262 e. The van der Waals surface area contributed by atoms with E-state index in [2.05, 4.69) is 20.4 Å². The van der Waals surface area contributed by atoms with E-state index in [1.165, 1.54) is 25.7 Å². The van der Waals surface area contributed by atoms with Crippen molar-refractivity contribution in [2.45, 2.75) is 32.6 Å². The Morgan fingerprint density at radius 3 is 2.52 bits per heavy atom. The zero-order chi connectivity index (χ0) is 23.0. The summed E-state index contributed by atoms with van der Waals surface area (Å²) in [5.41, 5.74) is 3.40. The number of anilines is 2. The summed E-state index contributed by atoms with van der Waals surface area (Å²) in [4.78, 5) is 14.7. The van der Waals surface area contributed by atoms with E-state index < -0.39 is 0 Å². The number of benzene rings is 2. The summed E-state index contributed by atoms with van der Waals surface area (Å²) in [6.45, 7) is 3.92. The monoisotopic (exact) mass is 446 g/mol. The Kier molecular flexibility index (Phi) is 7.40. The summed E-state index contributed by atoms with van der Waals surface area (Å²) in [6.07, 6.45) is 4.96. The smallest absolute Gasteiger partial charge is 0.262 e. The van der Waals surface area contributed by atoms with Gasteiger partial charge in [0.05, 0.1) is 12.8 Å². The van der Waals surface area contributed by atoms with Crippen LogP contribution in [0, 0.1) is 6.92 Å². The molecule has 4 rings (SSSR count). The molecule has 0 atom stereocenters. The lowest BCUT2D eigenvalue weighted by Crippen LogP contribution is -2.25. The van der Waals surface area contributed by atoms with E-state index in [0.29, 0.717) is 17.2 Å². The number of amides is 1. The highest BCUT2D eigenvalue weighted by Crippen LogP contribution is 2.28. The van der Waals surface area contributed by atoms with Gasteiger partial charge in [0.15, 0.2) is 23.9 Å². The topological polar surface area (TPSA) is 76.6 Å². The first-order valence-electron chi connectivity index (χ1n) is 11.4. The van der Waals surface area contributed by atoms with Crippen LogP contribution in [0.3, 0.4) is 0 Å². The minimum atomic E-state index is -0.252. The molecular formula is C26H30N4O3. The third-order valence-electron chi connectivity index (χ3n) is 5.70. The molecule has 0 bridgehead atoms. The largest absolute Gasteiger partial charge is 0.493 e. The van der Waals surface area contributed by atoms with Crippen LogP contribution < -0.4 is 19.7 Å². The third kappa shape index (κ3) is 6.00. The highest BCUT2D eigenvalue weighted by molar-refractivity contribution is 5.92. The minimum absolute atomic E-state index is 0.117. The molecule has 1 aromatic heterocycles. The number of carbonyl (C=O) groups is 1. The Morgan fingerprint density at radius 1 is 0.970 bits per heavy atom. The number of hydrogen-bond donors (Lipinski definition) is 1. The van der Waals surface area contributed by atoms with Crippen molar-refractivity contribution < 1.29 is 14.3 Å². The number of nitrogens with one attached hydrogen (secondary N) is 1. The van der Waals surface area contributed by atoms with E-state index >= 15 is 0 Å². The van der Waals surface area contributed by atoms with Crippen molar-refractivity contribution in [1.82, 2.24) is 10.2 Å². The summed E-state index contributed by atoms with van der Waals surface area (Å²) >= 11 is 0. The average Bonchev–Trinajstić information content (AvgIpc) is 3.13. The molecule has 1 amide bonds. The second kappa shape index (κ2) is 10.8. The zero-order valence-corrected chi connectivity index (χ0v) is 19.2. The van der Waals surface area contributed by atoms with Gasteiger partial charge >= 0.3 is 0 Å². The molecule has 0 radical (unpaired) electrons. The van der Waals surface area contributed by atoms with E-state index in [-0.39, 0.29) is 12.5 Å². The van der Waals surface area contributed by atoms with Gasteiger partial charge in [0.25, 0.3) is 5.91 Å². The van der Waals surface area contributed by atoms with Gasteiger partial charge in [-0.15, -0.1) is 10.2 Å². The molecule has 3 aromatic rings. The van der Waals surface area contributed by atoms with Gasteiger partial charge in [-0.2, -0.15) is 0 Å². The van der Waals surface area contributed by atoms with Gasteiger partial charge in [0.1, 0.15) is 0 Å². The fraction of sp³-hybridized carbons (Fsp3) is 0.346. The standard InChI is InChI=1S/C26H30N4O3/c1-19-10-12-23(24(16-19)32-2)33-18-26(31)27-21-9-7-8-20(17-21)22-11-13-25(29-28-22)30-14-5-3-4-6-15-30/h7-13,16-17H,3-6,14-15,18H2,1-2H3,(H,27,31). The van der Waals surface area contributed by atoms with Crippen LogP contribution in [0.4, 0.5) is 11.5 Å². The first kappa shape index (κ1) is 22.6. The van der Waals surface area contributed by atoms with Crippen LogP contribution >= 0.6 is 0 Å². The van der Waals surface area contributed by atoms with E-state index in [0.717, 1.165) is 35.7 Å². The molecule has 1 N–H and O–H groups in total. The van der Waals surface area contributed by atoms with E-state index in [1.54, 1.807) is 13.2 Å². The highest BCUT2D eigenvalue weighted by Gasteiger charge is 2.13. The van der Waals surface area contributed by atoms with E-state index in [1.807, 2.05) is 55.5 Å². The summed E-state index contributed by atoms with van der Waals surface area (Å²) in [6, 6.07) is 17.2. The van der Waals surface area contributed by atoms with Crippen molar-refractivity contribution in [3.05, 3.63) is 60.2 Å². The van der Waals surface area contributed by atoms with Crippen molar-refractivity contribution in [2.75, 3.05) is 37.0 Å². The van der Waals surface area contributed by atoms with E-state index in [9.17, 15) is 4.79 Å². The number of rotatable bonds is 7. The van der Waals surface area contributed by atoms with Crippen molar-refractivity contribution in [2.24, 2.45) is 0 Å².